The average molecular weight is 283 g/mol. The fraction of sp³-hybridized carbons (Fsp3) is 0.600. The van der Waals surface area contributed by atoms with E-state index in [1.54, 1.807) is 7.11 Å². The fourth-order valence-electron chi connectivity index (χ4n) is 3.25. The lowest BCUT2D eigenvalue weighted by molar-refractivity contribution is 0.143. The van der Waals surface area contributed by atoms with E-state index in [-0.39, 0.29) is 11.5 Å². The molecule has 106 valence electrons. The predicted molar refractivity (Wildman–Crippen MR) is 79.3 cm³/mol. The molecule has 1 atom stereocenters. The quantitative estimate of drug-likeness (QED) is 0.652. The first-order valence-electron chi connectivity index (χ1n) is 6.90. The van der Waals surface area contributed by atoms with Crippen molar-refractivity contribution >= 4 is 11.6 Å². The molecule has 0 spiro atoms. The first-order valence-corrected chi connectivity index (χ1v) is 7.28. The number of nitrogens with two attached hydrogens (primary N) is 1. The maximum absolute atomic E-state index is 6.14. The molecule has 4 heteroatoms. The summed E-state index contributed by atoms with van der Waals surface area (Å²) in [6.07, 6.45) is 6.20. The van der Waals surface area contributed by atoms with Crippen molar-refractivity contribution in [2.75, 3.05) is 7.11 Å². The number of hydrogen-bond acceptors (Lipinski definition) is 3. The zero-order valence-electron chi connectivity index (χ0n) is 11.7. The third kappa shape index (κ3) is 3.04. The van der Waals surface area contributed by atoms with Crippen molar-refractivity contribution in [3.8, 4) is 5.75 Å². The molecule has 0 radical (unpaired) electrons. The van der Waals surface area contributed by atoms with E-state index in [1.807, 2.05) is 18.2 Å². The lowest BCUT2D eigenvalue weighted by Gasteiger charge is -2.41. The van der Waals surface area contributed by atoms with Crippen LogP contribution < -0.4 is 16.0 Å². The topological polar surface area (TPSA) is 47.3 Å². The molecule has 1 unspecified atom stereocenters. The summed E-state index contributed by atoms with van der Waals surface area (Å²) >= 11 is 6.14. The SMILES string of the molecule is COc1ccc(Cl)cc1C(NN)C1(C)CCCCC1. The number of methoxy groups -OCH3 is 1. The Bertz CT molecular complexity index is 430. The van der Waals surface area contributed by atoms with E-state index in [9.17, 15) is 0 Å². The lowest BCUT2D eigenvalue weighted by Crippen LogP contribution is -2.41. The van der Waals surface area contributed by atoms with Gasteiger partial charge in [0, 0.05) is 10.6 Å². The number of benzene rings is 1. The minimum Gasteiger partial charge on any atom is -0.496 e. The molecule has 19 heavy (non-hydrogen) atoms. The molecule has 0 saturated heterocycles. The Morgan fingerprint density at radius 3 is 2.58 bits per heavy atom. The van der Waals surface area contributed by atoms with E-state index in [0.29, 0.717) is 0 Å². The van der Waals surface area contributed by atoms with Crippen LogP contribution in [0.2, 0.25) is 5.02 Å². The van der Waals surface area contributed by atoms with Gasteiger partial charge in [-0.15, -0.1) is 0 Å². The second-order valence-electron chi connectivity index (χ2n) is 5.70. The highest BCUT2D eigenvalue weighted by Gasteiger charge is 2.37. The molecule has 1 saturated carbocycles. The first kappa shape index (κ1) is 14.6. The summed E-state index contributed by atoms with van der Waals surface area (Å²) in [5.41, 5.74) is 4.21. The number of halogens is 1. The van der Waals surface area contributed by atoms with E-state index >= 15 is 0 Å². The largest absolute Gasteiger partial charge is 0.496 e. The minimum absolute atomic E-state index is 0.0708. The Hall–Kier alpha value is -0.770. The van der Waals surface area contributed by atoms with Crippen molar-refractivity contribution in [1.82, 2.24) is 5.43 Å². The van der Waals surface area contributed by atoms with E-state index in [1.165, 1.54) is 32.1 Å². The van der Waals surface area contributed by atoms with Gasteiger partial charge in [-0.1, -0.05) is 37.8 Å². The highest BCUT2D eigenvalue weighted by molar-refractivity contribution is 6.30. The standard InChI is InChI=1S/C15H23ClN2O/c1-15(8-4-3-5-9-15)14(18-17)12-10-11(16)6-7-13(12)19-2/h6-7,10,14,18H,3-5,8-9,17H2,1-2H3. The van der Waals surface area contributed by atoms with Crippen LogP contribution in [0.1, 0.15) is 50.6 Å². The van der Waals surface area contributed by atoms with Crippen molar-refractivity contribution in [2.45, 2.75) is 45.1 Å². The van der Waals surface area contributed by atoms with Crippen LogP contribution in [0.3, 0.4) is 0 Å². The molecule has 3 N–H and O–H groups in total. The van der Waals surface area contributed by atoms with Crippen molar-refractivity contribution in [3.63, 3.8) is 0 Å². The van der Waals surface area contributed by atoms with Gasteiger partial charge in [-0.3, -0.25) is 11.3 Å². The second-order valence-corrected chi connectivity index (χ2v) is 6.14. The van der Waals surface area contributed by atoms with Gasteiger partial charge in [-0.2, -0.15) is 0 Å². The van der Waals surface area contributed by atoms with E-state index in [2.05, 4.69) is 12.3 Å². The van der Waals surface area contributed by atoms with Crippen molar-refractivity contribution < 1.29 is 4.74 Å². The molecule has 1 aliphatic carbocycles. The Balaban J connectivity index is 2.38. The van der Waals surface area contributed by atoms with E-state index in [4.69, 9.17) is 22.2 Å². The highest BCUT2D eigenvalue weighted by Crippen LogP contribution is 2.47. The number of hydrazine groups is 1. The molecular formula is C15H23ClN2O. The molecule has 1 aromatic rings. The average Bonchev–Trinajstić information content (AvgIpc) is 2.40. The van der Waals surface area contributed by atoms with Gasteiger partial charge in [-0.25, -0.2) is 0 Å². The van der Waals surface area contributed by atoms with Crippen LogP contribution in [0.25, 0.3) is 0 Å². The van der Waals surface area contributed by atoms with Gasteiger partial charge in [-0.05, 0) is 36.5 Å². The maximum atomic E-state index is 6.14. The van der Waals surface area contributed by atoms with Crippen molar-refractivity contribution in [2.24, 2.45) is 11.3 Å². The Kier molecular flexibility index (Phi) is 4.71. The molecule has 0 aromatic heterocycles. The Labute approximate surface area is 120 Å². The van der Waals surface area contributed by atoms with Crippen LogP contribution in [-0.2, 0) is 0 Å². The van der Waals surface area contributed by atoms with Crippen LogP contribution in [0.4, 0.5) is 0 Å². The predicted octanol–water partition coefficient (Wildman–Crippen LogP) is 3.82. The fourth-order valence-corrected chi connectivity index (χ4v) is 3.43. The zero-order chi connectivity index (χ0) is 13.9. The van der Waals surface area contributed by atoms with Gasteiger partial charge in [0.1, 0.15) is 5.75 Å². The molecule has 1 fully saturated rings. The van der Waals surface area contributed by atoms with Gasteiger partial charge >= 0.3 is 0 Å². The number of nitrogens with one attached hydrogen (secondary N) is 1. The molecule has 3 nitrogen and oxygen atoms in total. The summed E-state index contributed by atoms with van der Waals surface area (Å²) < 4.78 is 5.46. The van der Waals surface area contributed by atoms with Gasteiger partial charge < -0.3 is 4.74 Å². The number of rotatable bonds is 4. The van der Waals surface area contributed by atoms with Gasteiger partial charge in [0.05, 0.1) is 13.2 Å². The van der Waals surface area contributed by atoms with Crippen LogP contribution in [0.5, 0.6) is 5.75 Å². The van der Waals surface area contributed by atoms with Crippen LogP contribution in [-0.4, -0.2) is 7.11 Å². The second kappa shape index (κ2) is 6.12. The number of ether oxygens (including phenoxy) is 1. The summed E-state index contributed by atoms with van der Waals surface area (Å²) in [5, 5.41) is 0.718. The molecule has 1 aromatic carbocycles. The van der Waals surface area contributed by atoms with Gasteiger partial charge in [0.15, 0.2) is 0 Å². The van der Waals surface area contributed by atoms with E-state index in [0.717, 1.165) is 16.3 Å². The van der Waals surface area contributed by atoms with Crippen LogP contribution in [0.15, 0.2) is 18.2 Å². The van der Waals surface area contributed by atoms with Crippen LogP contribution >= 0.6 is 11.6 Å². The van der Waals surface area contributed by atoms with Crippen LogP contribution in [0, 0.1) is 5.41 Å². The molecule has 0 aliphatic heterocycles. The summed E-state index contributed by atoms with van der Waals surface area (Å²) in [7, 11) is 1.68. The normalized spacial score (nSPS) is 20.0. The number of hydrogen-bond donors (Lipinski definition) is 2. The molecule has 2 rings (SSSR count). The summed E-state index contributed by atoms with van der Waals surface area (Å²) in [6, 6.07) is 5.79. The van der Waals surface area contributed by atoms with Crippen molar-refractivity contribution in [3.05, 3.63) is 28.8 Å². The minimum atomic E-state index is 0.0708. The van der Waals surface area contributed by atoms with Gasteiger partial charge in [0.2, 0.25) is 0 Å². The molecular weight excluding hydrogens is 260 g/mol. The highest BCUT2D eigenvalue weighted by atomic mass is 35.5. The van der Waals surface area contributed by atoms with E-state index < -0.39 is 0 Å². The smallest absolute Gasteiger partial charge is 0.123 e. The summed E-state index contributed by atoms with van der Waals surface area (Å²) in [4.78, 5) is 0. The maximum Gasteiger partial charge on any atom is 0.123 e. The van der Waals surface area contributed by atoms with Gasteiger partial charge in [0.25, 0.3) is 0 Å². The molecule has 0 heterocycles. The molecule has 0 bridgehead atoms. The summed E-state index contributed by atoms with van der Waals surface area (Å²) in [6.45, 7) is 2.30. The molecule has 0 amide bonds. The zero-order valence-corrected chi connectivity index (χ0v) is 12.5. The first-order chi connectivity index (χ1) is 9.10. The third-order valence-electron chi connectivity index (χ3n) is 4.36. The Morgan fingerprint density at radius 1 is 1.32 bits per heavy atom. The summed E-state index contributed by atoms with van der Waals surface area (Å²) in [5.74, 6) is 6.69. The third-order valence-corrected chi connectivity index (χ3v) is 4.60. The monoisotopic (exact) mass is 282 g/mol. The van der Waals surface area contributed by atoms with Crippen molar-refractivity contribution in [1.29, 1.82) is 0 Å². The molecule has 1 aliphatic rings. The lowest BCUT2D eigenvalue weighted by atomic mass is 9.68. The Morgan fingerprint density at radius 2 is 2.00 bits per heavy atom.